The van der Waals surface area contributed by atoms with Crippen LogP contribution in [0.4, 0.5) is 0 Å². The van der Waals surface area contributed by atoms with Crippen molar-refractivity contribution in [3.8, 4) is 0 Å². The van der Waals surface area contributed by atoms with Crippen molar-refractivity contribution < 1.29 is 0 Å². The third-order valence-corrected chi connectivity index (χ3v) is 3.46. The van der Waals surface area contributed by atoms with Gasteiger partial charge in [0.1, 0.15) is 0 Å². The number of hydrogen-bond donors (Lipinski definition) is 1. The summed E-state index contributed by atoms with van der Waals surface area (Å²) < 4.78 is 2.05. The fourth-order valence-corrected chi connectivity index (χ4v) is 2.28. The van der Waals surface area contributed by atoms with E-state index in [2.05, 4.69) is 30.5 Å². The standard InChI is InChI=1S/C12H21N3/c1-4-7-15-9-10(8-14-15)11(13-3)12(2)5-6-12/h8-9,11,13H,4-7H2,1-3H3. The molecule has 1 saturated carbocycles. The Morgan fingerprint density at radius 2 is 2.33 bits per heavy atom. The maximum Gasteiger partial charge on any atom is 0.0537 e. The fraction of sp³-hybridized carbons (Fsp3) is 0.750. The van der Waals surface area contributed by atoms with Crippen molar-refractivity contribution in [3.63, 3.8) is 0 Å². The lowest BCUT2D eigenvalue weighted by atomic mass is 9.94. The quantitative estimate of drug-likeness (QED) is 0.803. The third kappa shape index (κ3) is 2.07. The third-order valence-electron chi connectivity index (χ3n) is 3.46. The Morgan fingerprint density at radius 3 is 2.87 bits per heavy atom. The second-order valence-corrected chi connectivity index (χ2v) is 4.91. The van der Waals surface area contributed by atoms with E-state index < -0.39 is 0 Å². The molecule has 3 heteroatoms. The normalized spacial score (nSPS) is 20.2. The second-order valence-electron chi connectivity index (χ2n) is 4.91. The zero-order chi connectivity index (χ0) is 10.9. The lowest BCUT2D eigenvalue weighted by molar-refractivity contribution is 0.390. The molecule has 3 nitrogen and oxygen atoms in total. The first-order valence-electron chi connectivity index (χ1n) is 5.89. The van der Waals surface area contributed by atoms with Gasteiger partial charge in [-0.3, -0.25) is 4.68 Å². The first kappa shape index (κ1) is 10.7. The number of nitrogens with one attached hydrogen (secondary N) is 1. The summed E-state index contributed by atoms with van der Waals surface area (Å²) in [5.74, 6) is 0. The Balaban J connectivity index is 2.12. The number of aryl methyl sites for hydroxylation is 1. The Labute approximate surface area is 91.9 Å². The highest BCUT2D eigenvalue weighted by Crippen LogP contribution is 2.54. The van der Waals surface area contributed by atoms with Gasteiger partial charge in [0.15, 0.2) is 0 Å². The predicted octanol–water partition coefficient (Wildman–Crippen LogP) is 2.35. The highest BCUT2D eigenvalue weighted by Gasteiger charge is 2.45. The van der Waals surface area contributed by atoms with E-state index in [-0.39, 0.29) is 0 Å². The van der Waals surface area contributed by atoms with Crippen molar-refractivity contribution >= 4 is 0 Å². The molecule has 0 saturated heterocycles. The van der Waals surface area contributed by atoms with Crippen LogP contribution in [-0.2, 0) is 6.54 Å². The summed E-state index contributed by atoms with van der Waals surface area (Å²) in [5, 5.41) is 7.82. The molecular formula is C12H21N3. The Hall–Kier alpha value is -0.830. The minimum atomic E-state index is 0.467. The maximum absolute atomic E-state index is 4.39. The molecule has 1 unspecified atom stereocenters. The summed E-state index contributed by atoms with van der Waals surface area (Å²) in [6.07, 6.45) is 8.01. The minimum absolute atomic E-state index is 0.467. The number of aromatic nitrogens is 2. The van der Waals surface area contributed by atoms with Crippen LogP contribution in [0.2, 0.25) is 0 Å². The van der Waals surface area contributed by atoms with Gasteiger partial charge >= 0.3 is 0 Å². The van der Waals surface area contributed by atoms with Gasteiger partial charge in [0, 0.05) is 24.3 Å². The van der Waals surface area contributed by atoms with Crippen LogP contribution >= 0.6 is 0 Å². The van der Waals surface area contributed by atoms with E-state index in [9.17, 15) is 0 Å². The fourth-order valence-electron chi connectivity index (χ4n) is 2.28. The van der Waals surface area contributed by atoms with E-state index in [1.807, 2.05) is 17.9 Å². The van der Waals surface area contributed by atoms with Gasteiger partial charge in [0.05, 0.1) is 6.20 Å². The molecule has 1 aromatic heterocycles. The zero-order valence-electron chi connectivity index (χ0n) is 9.95. The van der Waals surface area contributed by atoms with Crippen molar-refractivity contribution in [3.05, 3.63) is 18.0 Å². The summed E-state index contributed by atoms with van der Waals surface area (Å²) in [7, 11) is 2.05. The van der Waals surface area contributed by atoms with Crippen LogP contribution in [0.25, 0.3) is 0 Å². The lowest BCUT2D eigenvalue weighted by Gasteiger charge is -2.21. The van der Waals surface area contributed by atoms with Gasteiger partial charge in [-0.05, 0) is 31.7 Å². The summed E-state index contributed by atoms with van der Waals surface area (Å²) in [6, 6.07) is 0.475. The first-order chi connectivity index (χ1) is 7.19. The molecule has 84 valence electrons. The van der Waals surface area contributed by atoms with Gasteiger partial charge < -0.3 is 5.32 Å². The molecular weight excluding hydrogens is 186 g/mol. The molecule has 0 aromatic carbocycles. The molecule has 1 aliphatic rings. The van der Waals surface area contributed by atoms with Gasteiger partial charge in [-0.2, -0.15) is 5.10 Å². The number of nitrogens with zero attached hydrogens (tertiary/aromatic N) is 2. The number of rotatable bonds is 5. The molecule has 1 heterocycles. The molecule has 0 bridgehead atoms. The summed E-state index contributed by atoms with van der Waals surface area (Å²) in [5.41, 5.74) is 1.81. The van der Waals surface area contributed by atoms with E-state index >= 15 is 0 Å². The van der Waals surface area contributed by atoms with Crippen molar-refractivity contribution in [2.75, 3.05) is 7.05 Å². The van der Waals surface area contributed by atoms with Crippen LogP contribution in [0.15, 0.2) is 12.4 Å². The molecule has 1 atom stereocenters. The highest BCUT2D eigenvalue weighted by molar-refractivity contribution is 5.17. The molecule has 1 aromatic rings. The molecule has 1 fully saturated rings. The average molecular weight is 207 g/mol. The van der Waals surface area contributed by atoms with E-state index in [1.54, 1.807) is 0 Å². The minimum Gasteiger partial charge on any atom is -0.312 e. The zero-order valence-corrected chi connectivity index (χ0v) is 9.95. The van der Waals surface area contributed by atoms with Crippen molar-refractivity contribution in [2.45, 2.75) is 45.7 Å². The molecule has 0 amide bonds. The largest absolute Gasteiger partial charge is 0.312 e. The monoisotopic (exact) mass is 207 g/mol. The van der Waals surface area contributed by atoms with Gasteiger partial charge in [-0.1, -0.05) is 13.8 Å². The molecule has 15 heavy (non-hydrogen) atoms. The van der Waals surface area contributed by atoms with E-state index in [1.165, 1.54) is 18.4 Å². The Morgan fingerprint density at radius 1 is 1.60 bits per heavy atom. The van der Waals surface area contributed by atoms with Crippen molar-refractivity contribution in [2.24, 2.45) is 5.41 Å². The predicted molar refractivity (Wildman–Crippen MR) is 61.7 cm³/mol. The van der Waals surface area contributed by atoms with Crippen LogP contribution in [0.1, 0.15) is 44.7 Å². The molecule has 1 N–H and O–H groups in total. The van der Waals surface area contributed by atoms with E-state index in [4.69, 9.17) is 0 Å². The lowest BCUT2D eigenvalue weighted by Crippen LogP contribution is -2.24. The summed E-state index contributed by atoms with van der Waals surface area (Å²) in [6.45, 7) is 5.55. The molecule has 1 aliphatic carbocycles. The Kier molecular flexibility index (Phi) is 2.83. The van der Waals surface area contributed by atoms with Crippen LogP contribution in [0.5, 0.6) is 0 Å². The van der Waals surface area contributed by atoms with E-state index in [0.717, 1.165) is 13.0 Å². The molecule has 0 radical (unpaired) electrons. The van der Waals surface area contributed by atoms with Crippen LogP contribution in [-0.4, -0.2) is 16.8 Å². The van der Waals surface area contributed by atoms with Gasteiger partial charge in [0.25, 0.3) is 0 Å². The average Bonchev–Trinajstić information content (AvgIpc) is 2.78. The van der Waals surface area contributed by atoms with E-state index in [0.29, 0.717) is 11.5 Å². The highest BCUT2D eigenvalue weighted by atomic mass is 15.3. The van der Waals surface area contributed by atoms with Crippen LogP contribution in [0.3, 0.4) is 0 Å². The van der Waals surface area contributed by atoms with Gasteiger partial charge in [-0.25, -0.2) is 0 Å². The van der Waals surface area contributed by atoms with Crippen molar-refractivity contribution in [1.82, 2.24) is 15.1 Å². The first-order valence-corrected chi connectivity index (χ1v) is 5.89. The van der Waals surface area contributed by atoms with Crippen LogP contribution < -0.4 is 5.32 Å². The van der Waals surface area contributed by atoms with Crippen LogP contribution in [0, 0.1) is 5.41 Å². The molecule has 0 aliphatic heterocycles. The van der Waals surface area contributed by atoms with Gasteiger partial charge in [-0.15, -0.1) is 0 Å². The van der Waals surface area contributed by atoms with Crippen molar-refractivity contribution in [1.29, 1.82) is 0 Å². The maximum atomic E-state index is 4.39. The SMILES string of the molecule is CCCn1cc(C(NC)C2(C)CC2)cn1. The molecule has 2 rings (SSSR count). The molecule has 0 spiro atoms. The van der Waals surface area contributed by atoms with Gasteiger partial charge in [0.2, 0.25) is 0 Å². The Bertz CT molecular complexity index is 325. The summed E-state index contributed by atoms with van der Waals surface area (Å²) >= 11 is 0. The smallest absolute Gasteiger partial charge is 0.0537 e. The number of hydrogen-bond acceptors (Lipinski definition) is 2. The summed E-state index contributed by atoms with van der Waals surface area (Å²) in [4.78, 5) is 0. The topological polar surface area (TPSA) is 29.9 Å². The second kappa shape index (κ2) is 3.97.